The van der Waals surface area contributed by atoms with Crippen LogP contribution in [0.3, 0.4) is 0 Å². The van der Waals surface area contributed by atoms with E-state index in [0.29, 0.717) is 36.8 Å². The van der Waals surface area contributed by atoms with Crippen molar-refractivity contribution in [3.63, 3.8) is 0 Å². The van der Waals surface area contributed by atoms with E-state index >= 15 is 0 Å². The molecule has 0 saturated carbocycles. The first-order valence-corrected chi connectivity index (χ1v) is 8.10. The van der Waals surface area contributed by atoms with Gasteiger partial charge in [-0.3, -0.25) is 9.69 Å². The number of rotatable bonds is 7. The lowest BCUT2D eigenvalue weighted by Crippen LogP contribution is -2.41. The van der Waals surface area contributed by atoms with Gasteiger partial charge in [0, 0.05) is 31.7 Å². The van der Waals surface area contributed by atoms with E-state index in [9.17, 15) is 10.1 Å². The third-order valence-electron chi connectivity index (χ3n) is 3.92. The van der Waals surface area contributed by atoms with Gasteiger partial charge in [0.2, 0.25) is 0 Å². The summed E-state index contributed by atoms with van der Waals surface area (Å²) in [4.78, 5) is 14.5. The first-order chi connectivity index (χ1) is 12.2. The van der Waals surface area contributed by atoms with Crippen LogP contribution in [0.25, 0.3) is 6.08 Å². The number of benzene rings is 1. The van der Waals surface area contributed by atoms with E-state index in [-0.39, 0.29) is 5.57 Å². The molecular weight excluding hydrogens is 322 g/mol. The number of nitrogens with zero attached hydrogens (tertiary/aromatic N) is 2. The molecule has 1 amide bonds. The van der Waals surface area contributed by atoms with E-state index in [2.05, 4.69) is 10.2 Å². The number of amides is 1. The molecule has 1 heterocycles. The Hall–Kier alpha value is -2.56. The number of carbonyl (C=O) groups excluding carboxylic acids is 1. The Morgan fingerprint density at radius 1 is 1.36 bits per heavy atom. The molecule has 0 bridgehead atoms. The van der Waals surface area contributed by atoms with Gasteiger partial charge in [-0.2, -0.15) is 5.26 Å². The van der Waals surface area contributed by atoms with Crippen molar-refractivity contribution in [1.29, 1.82) is 5.26 Å². The van der Waals surface area contributed by atoms with Gasteiger partial charge in [-0.1, -0.05) is 0 Å². The summed E-state index contributed by atoms with van der Waals surface area (Å²) in [7, 11) is 3.09. The molecule has 0 atom stereocenters. The first-order valence-electron chi connectivity index (χ1n) is 8.10. The largest absolute Gasteiger partial charge is 0.497 e. The molecule has 134 valence electrons. The van der Waals surface area contributed by atoms with Crippen molar-refractivity contribution in [3.8, 4) is 17.6 Å². The summed E-state index contributed by atoms with van der Waals surface area (Å²) in [6.45, 7) is 4.36. The van der Waals surface area contributed by atoms with Gasteiger partial charge >= 0.3 is 0 Å². The Morgan fingerprint density at radius 3 is 2.76 bits per heavy atom. The van der Waals surface area contributed by atoms with Crippen molar-refractivity contribution in [2.45, 2.75) is 0 Å². The van der Waals surface area contributed by atoms with Gasteiger partial charge in [-0.25, -0.2) is 0 Å². The lowest BCUT2D eigenvalue weighted by Gasteiger charge is -2.26. The highest BCUT2D eigenvalue weighted by Gasteiger charge is 2.13. The second-order valence-corrected chi connectivity index (χ2v) is 5.49. The van der Waals surface area contributed by atoms with Gasteiger partial charge in [0.1, 0.15) is 23.1 Å². The second kappa shape index (κ2) is 9.67. The zero-order chi connectivity index (χ0) is 18.1. The Balaban J connectivity index is 2.01. The van der Waals surface area contributed by atoms with Crippen LogP contribution < -0.4 is 14.8 Å². The van der Waals surface area contributed by atoms with Crippen LogP contribution >= 0.6 is 0 Å². The van der Waals surface area contributed by atoms with E-state index in [1.807, 2.05) is 6.07 Å². The average Bonchev–Trinajstić information content (AvgIpc) is 2.66. The minimum atomic E-state index is -0.402. The molecule has 1 saturated heterocycles. The molecule has 0 aliphatic carbocycles. The van der Waals surface area contributed by atoms with Crippen LogP contribution in [-0.4, -0.2) is 64.4 Å². The smallest absolute Gasteiger partial charge is 0.262 e. The van der Waals surface area contributed by atoms with Gasteiger partial charge in [0.25, 0.3) is 5.91 Å². The molecule has 0 spiro atoms. The molecule has 1 aliphatic heterocycles. The van der Waals surface area contributed by atoms with Crippen molar-refractivity contribution in [3.05, 3.63) is 29.3 Å². The molecule has 0 unspecified atom stereocenters. The Labute approximate surface area is 147 Å². The Bertz CT molecular complexity index is 661. The van der Waals surface area contributed by atoms with E-state index in [4.69, 9.17) is 14.2 Å². The number of nitriles is 1. The van der Waals surface area contributed by atoms with Crippen molar-refractivity contribution >= 4 is 12.0 Å². The molecule has 7 nitrogen and oxygen atoms in total. The Morgan fingerprint density at radius 2 is 2.12 bits per heavy atom. The molecular formula is C18H23N3O4. The lowest BCUT2D eigenvalue weighted by molar-refractivity contribution is -0.117. The number of nitrogens with one attached hydrogen (secondary N) is 1. The number of carbonyl (C=O) groups is 1. The maximum Gasteiger partial charge on any atom is 0.262 e. The van der Waals surface area contributed by atoms with Gasteiger partial charge < -0.3 is 19.5 Å². The number of hydrogen-bond acceptors (Lipinski definition) is 6. The fraction of sp³-hybridized carbons (Fsp3) is 0.444. The number of morpholine rings is 1. The zero-order valence-electron chi connectivity index (χ0n) is 14.6. The number of ether oxygens (including phenoxy) is 3. The summed E-state index contributed by atoms with van der Waals surface area (Å²) in [6, 6.07) is 7.15. The van der Waals surface area contributed by atoms with Gasteiger partial charge in [0.15, 0.2) is 0 Å². The topological polar surface area (TPSA) is 83.8 Å². The average molecular weight is 345 g/mol. The van der Waals surface area contributed by atoms with Crippen LogP contribution in [0.15, 0.2) is 23.8 Å². The fourth-order valence-electron chi connectivity index (χ4n) is 2.50. The highest BCUT2D eigenvalue weighted by molar-refractivity contribution is 6.02. The van der Waals surface area contributed by atoms with Gasteiger partial charge in [0.05, 0.1) is 27.4 Å². The zero-order valence-corrected chi connectivity index (χ0v) is 14.6. The van der Waals surface area contributed by atoms with E-state index in [1.165, 1.54) is 13.2 Å². The fourth-order valence-corrected chi connectivity index (χ4v) is 2.50. The third-order valence-corrected chi connectivity index (χ3v) is 3.92. The van der Waals surface area contributed by atoms with E-state index in [0.717, 1.165) is 19.6 Å². The molecule has 1 aromatic carbocycles. The first kappa shape index (κ1) is 18.8. The maximum atomic E-state index is 12.3. The molecule has 1 fully saturated rings. The second-order valence-electron chi connectivity index (χ2n) is 5.49. The molecule has 0 radical (unpaired) electrons. The predicted molar refractivity (Wildman–Crippen MR) is 93.4 cm³/mol. The molecule has 0 aromatic heterocycles. The molecule has 25 heavy (non-hydrogen) atoms. The molecule has 7 heteroatoms. The molecule has 1 aliphatic rings. The number of methoxy groups -OCH3 is 2. The third kappa shape index (κ3) is 5.48. The summed E-state index contributed by atoms with van der Waals surface area (Å²) < 4.78 is 15.7. The standard InChI is InChI=1S/C18H23N3O4/c1-23-16-3-4-17(24-2)14(12-16)11-15(13-19)18(22)20-5-6-21-7-9-25-10-8-21/h3-4,11-12H,5-10H2,1-2H3,(H,20,22)/b15-11+. The van der Waals surface area contributed by atoms with E-state index in [1.54, 1.807) is 25.3 Å². The van der Waals surface area contributed by atoms with Crippen molar-refractivity contribution in [2.24, 2.45) is 0 Å². The van der Waals surface area contributed by atoms with Gasteiger partial charge in [-0.15, -0.1) is 0 Å². The summed E-state index contributed by atoms with van der Waals surface area (Å²) in [5, 5.41) is 12.1. The highest BCUT2D eigenvalue weighted by Crippen LogP contribution is 2.26. The molecule has 1 aromatic rings. The van der Waals surface area contributed by atoms with Crippen LogP contribution in [0.1, 0.15) is 5.56 Å². The van der Waals surface area contributed by atoms with Crippen LogP contribution in [0, 0.1) is 11.3 Å². The maximum absolute atomic E-state index is 12.3. The Kier molecular flexibility index (Phi) is 7.26. The minimum absolute atomic E-state index is 0.0218. The van der Waals surface area contributed by atoms with Crippen molar-refractivity contribution in [2.75, 3.05) is 53.6 Å². The normalized spacial score (nSPS) is 15.3. The summed E-state index contributed by atoms with van der Waals surface area (Å²) in [6.07, 6.45) is 1.51. The lowest BCUT2D eigenvalue weighted by atomic mass is 10.1. The molecule has 1 N–H and O–H groups in total. The molecule has 2 rings (SSSR count). The summed E-state index contributed by atoms with van der Waals surface area (Å²) >= 11 is 0. The minimum Gasteiger partial charge on any atom is -0.497 e. The van der Waals surface area contributed by atoms with Crippen LogP contribution in [-0.2, 0) is 9.53 Å². The quantitative estimate of drug-likeness (QED) is 0.588. The monoisotopic (exact) mass is 345 g/mol. The van der Waals surface area contributed by atoms with Crippen molar-refractivity contribution in [1.82, 2.24) is 10.2 Å². The van der Waals surface area contributed by atoms with Crippen molar-refractivity contribution < 1.29 is 19.0 Å². The van der Waals surface area contributed by atoms with Crippen LogP contribution in [0.5, 0.6) is 11.5 Å². The highest BCUT2D eigenvalue weighted by atomic mass is 16.5. The van der Waals surface area contributed by atoms with Crippen LogP contribution in [0.4, 0.5) is 0 Å². The van der Waals surface area contributed by atoms with Gasteiger partial charge in [-0.05, 0) is 24.3 Å². The van der Waals surface area contributed by atoms with Crippen LogP contribution in [0.2, 0.25) is 0 Å². The number of hydrogen-bond donors (Lipinski definition) is 1. The summed E-state index contributed by atoms with van der Waals surface area (Å²) in [5.41, 5.74) is 0.634. The SMILES string of the molecule is COc1ccc(OC)c(/C=C(\C#N)C(=O)NCCN2CCOCC2)c1. The van der Waals surface area contributed by atoms with E-state index < -0.39 is 5.91 Å². The predicted octanol–water partition coefficient (Wildman–Crippen LogP) is 1.06. The summed E-state index contributed by atoms with van der Waals surface area (Å²) in [5.74, 6) is 0.785.